The molecule has 1 aromatic rings. The third kappa shape index (κ3) is 4.72. The number of nitrogens with one attached hydrogen (secondary N) is 2. The Morgan fingerprint density at radius 2 is 1.88 bits per heavy atom. The summed E-state index contributed by atoms with van der Waals surface area (Å²) in [7, 11) is 0. The first kappa shape index (κ1) is 29.0. The zero-order valence-corrected chi connectivity index (χ0v) is 24.1. The van der Waals surface area contributed by atoms with Crippen LogP contribution >= 0.6 is 0 Å². The Labute approximate surface area is 236 Å². The Bertz CT molecular complexity index is 1100. The molecule has 10 nitrogen and oxygen atoms in total. The Morgan fingerprint density at radius 1 is 1.18 bits per heavy atom. The molecule has 3 unspecified atom stereocenters. The molecule has 0 aromatic heterocycles. The first-order valence-electron chi connectivity index (χ1n) is 14.7. The standard InChI is InChI=1S/C30H44N4O6/c1-5-19(2)22(18-35)34-25(27(37)31-11-12-33-13-15-39-16-14-33)30-17-20(3)29(4,40-30)23(24(30)28(34)38)26(36)32-21-9-7-6-8-10-21/h6-10,19-20,22-25,35H,5,11-18H2,1-4H3,(H,31,37)(H,32,36)/t19-,20?,22-,23-,24-,25?,29+,30?/m0/s1. The molecule has 5 rings (SSSR count). The molecule has 4 saturated heterocycles. The molecule has 10 heteroatoms. The van der Waals surface area contributed by atoms with Crippen LogP contribution in [0.25, 0.3) is 0 Å². The van der Waals surface area contributed by atoms with Gasteiger partial charge in [-0.05, 0) is 37.3 Å². The number of carbonyl (C=O) groups excluding carboxylic acids is 3. The predicted octanol–water partition coefficient (Wildman–Crippen LogP) is 1.49. The largest absolute Gasteiger partial charge is 0.394 e. The number of aliphatic hydroxyl groups excluding tert-OH is 1. The van der Waals surface area contributed by atoms with Crippen molar-refractivity contribution >= 4 is 23.4 Å². The third-order valence-electron chi connectivity index (χ3n) is 10.0. The minimum absolute atomic E-state index is 0.0466. The van der Waals surface area contributed by atoms with Gasteiger partial charge in [-0.25, -0.2) is 0 Å². The van der Waals surface area contributed by atoms with Gasteiger partial charge in [0.1, 0.15) is 11.6 Å². The molecule has 40 heavy (non-hydrogen) atoms. The van der Waals surface area contributed by atoms with Gasteiger partial charge in [0.05, 0.1) is 43.3 Å². The van der Waals surface area contributed by atoms with Crippen LogP contribution in [0.4, 0.5) is 5.69 Å². The minimum atomic E-state index is -1.14. The maximum Gasteiger partial charge on any atom is 0.245 e. The number of para-hydroxylation sites is 1. The summed E-state index contributed by atoms with van der Waals surface area (Å²) in [6.45, 7) is 11.7. The molecule has 2 bridgehead atoms. The molecule has 0 radical (unpaired) electrons. The Morgan fingerprint density at radius 3 is 2.52 bits per heavy atom. The molecule has 1 aromatic carbocycles. The van der Waals surface area contributed by atoms with E-state index in [1.54, 1.807) is 4.90 Å². The van der Waals surface area contributed by atoms with Crippen molar-refractivity contribution in [2.24, 2.45) is 23.7 Å². The summed E-state index contributed by atoms with van der Waals surface area (Å²) in [5, 5.41) is 16.6. The maximum absolute atomic E-state index is 14.4. The van der Waals surface area contributed by atoms with Crippen LogP contribution in [0.15, 0.2) is 30.3 Å². The minimum Gasteiger partial charge on any atom is -0.394 e. The number of fused-ring (bicyclic) bond motifs is 1. The number of hydrogen-bond acceptors (Lipinski definition) is 7. The molecule has 4 fully saturated rings. The number of hydrogen-bond donors (Lipinski definition) is 3. The van der Waals surface area contributed by atoms with Crippen LogP contribution < -0.4 is 10.6 Å². The lowest BCUT2D eigenvalue weighted by atomic mass is 9.62. The van der Waals surface area contributed by atoms with Gasteiger partial charge in [-0.15, -0.1) is 0 Å². The lowest BCUT2D eigenvalue weighted by Gasteiger charge is -2.39. The first-order chi connectivity index (χ1) is 19.2. The van der Waals surface area contributed by atoms with Gasteiger partial charge in [-0.1, -0.05) is 45.4 Å². The fourth-order valence-electron chi connectivity index (χ4n) is 7.55. The lowest BCUT2D eigenvalue weighted by Crippen LogP contribution is -2.59. The number of amides is 3. The second-order valence-corrected chi connectivity index (χ2v) is 12.2. The maximum atomic E-state index is 14.4. The molecule has 220 valence electrons. The molecule has 3 amide bonds. The Kier molecular flexibility index (Phi) is 8.25. The number of morpholine rings is 1. The fourth-order valence-corrected chi connectivity index (χ4v) is 7.55. The third-order valence-corrected chi connectivity index (χ3v) is 10.0. The summed E-state index contributed by atoms with van der Waals surface area (Å²) < 4.78 is 12.2. The molecule has 4 aliphatic heterocycles. The summed E-state index contributed by atoms with van der Waals surface area (Å²) in [6, 6.07) is 7.69. The second kappa shape index (κ2) is 11.4. The molecule has 0 aliphatic carbocycles. The van der Waals surface area contributed by atoms with Gasteiger partial charge < -0.3 is 30.1 Å². The molecule has 0 saturated carbocycles. The summed E-state index contributed by atoms with van der Waals surface area (Å²) >= 11 is 0. The van der Waals surface area contributed by atoms with Crippen LogP contribution in [0.2, 0.25) is 0 Å². The topological polar surface area (TPSA) is 120 Å². The van der Waals surface area contributed by atoms with E-state index in [1.807, 2.05) is 58.0 Å². The van der Waals surface area contributed by atoms with E-state index < -0.39 is 35.1 Å². The van der Waals surface area contributed by atoms with Crippen molar-refractivity contribution < 1.29 is 29.0 Å². The van der Waals surface area contributed by atoms with E-state index in [9.17, 15) is 19.5 Å². The van der Waals surface area contributed by atoms with Crippen LogP contribution in [0, 0.1) is 23.7 Å². The van der Waals surface area contributed by atoms with E-state index in [-0.39, 0.29) is 36.2 Å². The second-order valence-electron chi connectivity index (χ2n) is 12.2. The Hall–Kier alpha value is -2.53. The van der Waals surface area contributed by atoms with Crippen molar-refractivity contribution in [2.75, 3.05) is 51.3 Å². The number of aliphatic hydroxyl groups is 1. The number of nitrogens with zero attached hydrogens (tertiary/aromatic N) is 2. The van der Waals surface area contributed by atoms with E-state index in [0.717, 1.165) is 19.5 Å². The van der Waals surface area contributed by atoms with E-state index in [2.05, 4.69) is 15.5 Å². The van der Waals surface area contributed by atoms with Crippen molar-refractivity contribution in [3.63, 3.8) is 0 Å². The van der Waals surface area contributed by atoms with Gasteiger partial charge in [-0.2, -0.15) is 0 Å². The van der Waals surface area contributed by atoms with E-state index >= 15 is 0 Å². The van der Waals surface area contributed by atoms with E-state index in [0.29, 0.717) is 38.4 Å². The zero-order chi connectivity index (χ0) is 28.7. The molecule has 3 N–H and O–H groups in total. The summed E-state index contributed by atoms with van der Waals surface area (Å²) in [5.74, 6) is -2.53. The number of carbonyl (C=O) groups is 3. The summed E-state index contributed by atoms with van der Waals surface area (Å²) in [5.41, 5.74) is -1.40. The highest BCUT2D eigenvalue weighted by molar-refractivity contribution is 6.02. The average Bonchev–Trinajstić information content (AvgIpc) is 3.47. The van der Waals surface area contributed by atoms with Crippen molar-refractivity contribution in [1.29, 1.82) is 0 Å². The highest BCUT2D eigenvalue weighted by Gasteiger charge is 2.80. The van der Waals surface area contributed by atoms with Crippen molar-refractivity contribution in [2.45, 2.75) is 63.8 Å². The van der Waals surface area contributed by atoms with Crippen molar-refractivity contribution in [1.82, 2.24) is 15.1 Å². The highest BCUT2D eigenvalue weighted by atomic mass is 16.5. The number of rotatable bonds is 10. The summed E-state index contributed by atoms with van der Waals surface area (Å²) in [4.78, 5) is 46.1. The smallest absolute Gasteiger partial charge is 0.245 e. The SMILES string of the molecule is CC[C@H](C)[C@H](CO)N1C(=O)[C@@H]2[C@@H](C(=O)Nc3ccccc3)[C@]3(C)OC2(CC3C)C1C(=O)NCCN1CCOCC1. The highest BCUT2D eigenvalue weighted by Crippen LogP contribution is 2.65. The van der Waals surface area contributed by atoms with Crippen LogP contribution in [0.1, 0.15) is 40.5 Å². The molecular weight excluding hydrogens is 512 g/mol. The van der Waals surface area contributed by atoms with Gasteiger partial charge in [0, 0.05) is 31.9 Å². The van der Waals surface area contributed by atoms with Gasteiger partial charge in [0.15, 0.2) is 0 Å². The van der Waals surface area contributed by atoms with Crippen LogP contribution in [0.5, 0.6) is 0 Å². The number of likely N-dealkylation sites (tertiary alicyclic amines) is 1. The fraction of sp³-hybridized carbons (Fsp3) is 0.700. The van der Waals surface area contributed by atoms with Crippen LogP contribution in [-0.4, -0.2) is 102 Å². The normalized spacial score (nSPS) is 34.9. The van der Waals surface area contributed by atoms with Gasteiger partial charge in [0.2, 0.25) is 17.7 Å². The lowest BCUT2D eigenvalue weighted by molar-refractivity contribution is -0.151. The number of benzene rings is 1. The van der Waals surface area contributed by atoms with E-state index in [1.165, 1.54) is 0 Å². The Balaban J connectivity index is 1.47. The van der Waals surface area contributed by atoms with Crippen molar-refractivity contribution in [3.05, 3.63) is 30.3 Å². The summed E-state index contributed by atoms with van der Waals surface area (Å²) in [6.07, 6.45) is 1.22. The van der Waals surface area contributed by atoms with Crippen LogP contribution in [0.3, 0.4) is 0 Å². The molecule has 4 heterocycles. The number of ether oxygens (including phenoxy) is 2. The molecular formula is C30H44N4O6. The van der Waals surface area contributed by atoms with Gasteiger partial charge in [0.25, 0.3) is 0 Å². The van der Waals surface area contributed by atoms with E-state index in [4.69, 9.17) is 9.47 Å². The van der Waals surface area contributed by atoms with Crippen molar-refractivity contribution in [3.8, 4) is 0 Å². The molecule has 1 spiro atoms. The zero-order valence-electron chi connectivity index (χ0n) is 24.1. The predicted molar refractivity (Wildman–Crippen MR) is 149 cm³/mol. The van der Waals surface area contributed by atoms with Gasteiger partial charge in [-0.3, -0.25) is 19.3 Å². The number of anilines is 1. The molecule has 4 aliphatic rings. The first-order valence-corrected chi connectivity index (χ1v) is 14.7. The average molecular weight is 557 g/mol. The quantitative estimate of drug-likeness (QED) is 0.399. The monoisotopic (exact) mass is 556 g/mol. The van der Waals surface area contributed by atoms with Crippen LogP contribution in [-0.2, 0) is 23.9 Å². The molecule has 8 atom stereocenters. The van der Waals surface area contributed by atoms with Gasteiger partial charge >= 0.3 is 0 Å².